The van der Waals surface area contributed by atoms with Crippen molar-refractivity contribution in [2.24, 2.45) is 0 Å². The highest BCUT2D eigenvalue weighted by Gasteiger charge is 2.00. The van der Waals surface area contributed by atoms with Gasteiger partial charge in [-0.05, 0) is 25.0 Å². The predicted molar refractivity (Wildman–Crippen MR) is 72.1 cm³/mol. The zero-order valence-corrected chi connectivity index (χ0v) is 9.62. The van der Waals surface area contributed by atoms with E-state index in [1.807, 2.05) is 38.1 Å². The summed E-state index contributed by atoms with van der Waals surface area (Å²) in [4.78, 5) is 0. The monoisotopic (exact) mass is 202 g/mol. The molecule has 0 aromatic heterocycles. The first-order chi connectivity index (χ1) is 7.58. The average molecular weight is 202 g/mol. The summed E-state index contributed by atoms with van der Waals surface area (Å²) in [6.45, 7) is 4.01. The van der Waals surface area contributed by atoms with E-state index in [1.54, 1.807) is 0 Å². The summed E-state index contributed by atoms with van der Waals surface area (Å²) in [6.07, 6.45) is 0. The third-order valence-corrected chi connectivity index (χ3v) is 2.89. The molecule has 0 unspecified atom stereocenters. The molecule has 0 fully saturated rings. The molecule has 2 aromatic rings. The van der Waals surface area contributed by atoms with E-state index in [0.29, 0.717) is 0 Å². The van der Waals surface area contributed by atoms with E-state index >= 15 is 0 Å². The maximum absolute atomic E-state index is 5.89. The number of hydrogen-bond donors (Lipinski definition) is 0. The van der Waals surface area contributed by atoms with Crippen LogP contribution in [0.3, 0.4) is 0 Å². The van der Waals surface area contributed by atoms with Gasteiger partial charge in [0.15, 0.2) is 0 Å². The molecule has 0 nitrogen and oxygen atoms in total. The lowest BCUT2D eigenvalue weighted by Crippen LogP contribution is -2.09. The molecule has 2 rings (SSSR count). The summed E-state index contributed by atoms with van der Waals surface area (Å²) in [5, 5.41) is 0. The van der Waals surface area contributed by atoms with Gasteiger partial charge in [0.2, 0.25) is 0 Å². The fraction of sp³-hybridized carbons (Fsp3) is 0.143. The van der Waals surface area contributed by atoms with Crippen molar-refractivity contribution in [3.63, 3.8) is 0 Å². The van der Waals surface area contributed by atoms with Crippen molar-refractivity contribution in [2.75, 3.05) is 0 Å². The zero-order valence-electron chi connectivity index (χ0n) is 9.62. The summed E-state index contributed by atoms with van der Waals surface area (Å²) in [5.74, 6) is 0. The van der Waals surface area contributed by atoms with Crippen LogP contribution in [0.1, 0.15) is 11.1 Å². The van der Waals surface area contributed by atoms with Gasteiger partial charge in [0.1, 0.15) is 15.7 Å². The van der Waals surface area contributed by atoms with Gasteiger partial charge in [-0.2, -0.15) is 0 Å². The third-order valence-electron chi connectivity index (χ3n) is 2.89. The van der Waals surface area contributed by atoms with Crippen LogP contribution >= 0.6 is 0 Å². The van der Waals surface area contributed by atoms with E-state index < -0.39 is 0 Å². The molecule has 0 heterocycles. The maximum atomic E-state index is 5.89. The molecule has 74 valence electrons. The van der Waals surface area contributed by atoms with Crippen LogP contribution in [0.4, 0.5) is 0 Å². The standard InChI is InChI=1S/C14H12B2/c1-9-3-5-11(7-13(9)15)12-6-4-10(2)14(16)8-12/h3-8H,1-2H3. The van der Waals surface area contributed by atoms with E-state index in [1.165, 1.54) is 0 Å². The SMILES string of the molecule is [B]c1cc(-c2ccc(C)c([B])c2)ccc1C. The first kappa shape index (κ1) is 11.1. The van der Waals surface area contributed by atoms with Gasteiger partial charge in [-0.3, -0.25) is 0 Å². The Bertz CT molecular complexity index is 481. The molecule has 0 aliphatic carbocycles. The van der Waals surface area contributed by atoms with Crippen LogP contribution in [0, 0.1) is 13.8 Å². The molecule has 16 heavy (non-hydrogen) atoms. The van der Waals surface area contributed by atoms with Crippen LogP contribution in [0.2, 0.25) is 0 Å². The summed E-state index contributed by atoms with van der Waals surface area (Å²) in [5.41, 5.74) is 6.05. The lowest BCUT2D eigenvalue weighted by Gasteiger charge is -2.08. The summed E-state index contributed by atoms with van der Waals surface area (Å²) in [7, 11) is 11.8. The number of benzene rings is 2. The Labute approximate surface area is 99.5 Å². The van der Waals surface area contributed by atoms with Crippen molar-refractivity contribution >= 4 is 26.6 Å². The van der Waals surface area contributed by atoms with Crippen molar-refractivity contribution in [3.05, 3.63) is 47.5 Å². The number of rotatable bonds is 1. The van der Waals surface area contributed by atoms with Gasteiger partial charge in [-0.15, -0.1) is 0 Å². The van der Waals surface area contributed by atoms with Crippen molar-refractivity contribution in [2.45, 2.75) is 13.8 Å². The molecule has 0 atom stereocenters. The van der Waals surface area contributed by atoms with Gasteiger partial charge in [-0.25, -0.2) is 0 Å². The van der Waals surface area contributed by atoms with Gasteiger partial charge in [0.05, 0.1) is 0 Å². The van der Waals surface area contributed by atoms with E-state index in [4.69, 9.17) is 15.7 Å². The Morgan fingerprint density at radius 2 is 1.06 bits per heavy atom. The first-order valence-electron chi connectivity index (χ1n) is 5.30. The van der Waals surface area contributed by atoms with Crippen molar-refractivity contribution in [3.8, 4) is 11.1 Å². The minimum atomic E-state index is 0.816. The molecule has 0 spiro atoms. The smallest absolute Gasteiger partial charge is 0.0932 e. The largest absolute Gasteiger partial charge is 0.114 e. The summed E-state index contributed by atoms with van der Waals surface area (Å²) < 4.78 is 0. The van der Waals surface area contributed by atoms with Gasteiger partial charge >= 0.3 is 0 Å². The second-order valence-electron chi connectivity index (χ2n) is 4.14. The lowest BCUT2D eigenvalue weighted by atomic mass is 9.85. The molecule has 2 heteroatoms. The lowest BCUT2D eigenvalue weighted by molar-refractivity contribution is 1.49. The highest BCUT2D eigenvalue weighted by Crippen LogP contribution is 2.17. The normalized spacial score (nSPS) is 10.4. The van der Waals surface area contributed by atoms with Gasteiger partial charge in [-0.1, -0.05) is 58.5 Å². The van der Waals surface area contributed by atoms with E-state index in [-0.39, 0.29) is 0 Å². The topological polar surface area (TPSA) is 0 Å². The maximum Gasteiger partial charge on any atom is 0.114 e. The quantitative estimate of drug-likeness (QED) is 0.615. The van der Waals surface area contributed by atoms with Crippen LogP contribution in [0.25, 0.3) is 11.1 Å². The van der Waals surface area contributed by atoms with Crippen LogP contribution in [0.5, 0.6) is 0 Å². The molecule has 4 radical (unpaired) electrons. The molecular formula is C14H12B2. The molecule has 0 saturated carbocycles. The first-order valence-corrected chi connectivity index (χ1v) is 5.30. The predicted octanol–water partition coefficient (Wildman–Crippen LogP) is 1.56. The second kappa shape index (κ2) is 4.21. The molecule has 0 aliphatic rings. The van der Waals surface area contributed by atoms with Crippen LogP contribution in [0.15, 0.2) is 36.4 Å². The Balaban J connectivity index is 2.50. The van der Waals surface area contributed by atoms with Gasteiger partial charge in [0, 0.05) is 0 Å². The zero-order chi connectivity index (χ0) is 11.7. The molecule has 0 N–H and O–H groups in total. The van der Waals surface area contributed by atoms with Crippen molar-refractivity contribution in [1.82, 2.24) is 0 Å². The third kappa shape index (κ3) is 2.06. The van der Waals surface area contributed by atoms with E-state index in [2.05, 4.69) is 12.1 Å². The number of aryl methyl sites for hydroxylation is 2. The Kier molecular flexibility index (Phi) is 2.91. The molecule has 0 saturated heterocycles. The van der Waals surface area contributed by atoms with Crippen LogP contribution in [-0.2, 0) is 0 Å². The minimum Gasteiger partial charge on any atom is -0.0932 e. The summed E-state index contributed by atoms with van der Waals surface area (Å²) in [6, 6.07) is 12.2. The fourth-order valence-electron chi connectivity index (χ4n) is 1.64. The second-order valence-corrected chi connectivity index (χ2v) is 4.14. The Morgan fingerprint density at radius 3 is 1.38 bits per heavy atom. The average Bonchev–Trinajstić information content (AvgIpc) is 2.26. The molecule has 0 aliphatic heterocycles. The van der Waals surface area contributed by atoms with Crippen molar-refractivity contribution in [1.29, 1.82) is 0 Å². The van der Waals surface area contributed by atoms with Crippen LogP contribution in [-0.4, -0.2) is 15.7 Å². The highest BCUT2D eigenvalue weighted by molar-refractivity contribution is 6.34. The summed E-state index contributed by atoms with van der Waals surface area (Å²) >= 11 is 0. The van der Waals surface area contributed by atoms with Crippen LogP contribution < -0.4 is 10.9 Å². The van der Waals surface area contributed by atoms with Gasteiger partial charge < -0.3 is 0 Å². The molecular weight excluding hydrogens is 190 g/mol. The Hall–Kier alpha value is -1.43. The molecule has 2 aromatic carbocycles. The Morgan fingerprint density at radius 1 is 0.688 bits per heavy atom. The van der Waals surface area contributed by atoms with Crippen molar-refractivity contribution < 1.29 is 0 Å². The molecule has 0 amide bonds. The van der Waals surface area contributed by atoms with E-state index in [9.17, 15) is 0 Å². The fourth-order valence-corrected chi connectivity index (χ4v) is 1.64. The van der Waals surface area contributed by atoms with Gasteiger partial charge in [0.25, 0.3) is 0 Å². The molecule has 0 bridgehead atoms. The van der Waals surface area contributed by atoms with E-state index in [0.717, 1.165) is 33.2 Å². The highest BCUT2D eigenvalue weighted by atomic mass is 14.0. The number of hydrogen-bond acceptors (Lipinski definition) is 0. The minimum absolute atomic E-state index is 0.816.